The van der Waals surface area contributed by atoms with Crippen molar-refractivity contribution in [1.82, 2.24) is 10.2 Å². The number of carbonyl (C=O) groups excluding carboxylic acids is 1. The number of carbonyl (C=O) groups is 1. The topological polar surface area (TPSA) is 50.8 Å². The predicted octanol–water partition coefficient (Wildman–Crippen LogP) is 2.13. The molecule has 0 unspecified atom stereocenters. The van der Waals surface area contributed by atoms with Gasteiger partial charge in [0.1, 0.15) is 0 Å². The van der Waals surface area contributed by atoms with Gasteiger partial charge >= 0.3 is 6.03 Å². The number of amides is 2. The Morgan fingerprint density at radius 3 is 3.00 bits per heavy atom. The van der Waals surface area contributed by atoms with Crippen LogP contribution in [0.1, 0.15) is 12.5 Å². The van der Waals surface area contributed by atoms with Gasteiger partial charge in [-0.1, -0.05) is 12.1 Å². The van der Waals surface area contributed by atoms with Crippen molar-refractivity contribution in [3.8, 4) is 11.5 Å². The van der Waals surface area contributed by atoms with Crippen molar-refractivity contribution in [3.63, 3.8) is 0 Å². The lowest BCUT2D eigenvalue weighted by atomic mass is 10.2. The van der Waals surface area contributed by atoms with Gasteiger partial charge in [0.15, 0.2) is 11.5 Å². The van der Waals surface area contributed by atoms with E-state index >= 15 is 0 Å². The molecule has 0 saturated carbocycles. The summed E-state index contributed by atoms with van der Waals surface area (Å²) >= 11 is 0. The van der Waals surface area contributed by atoms with Crippen LogP contribution in [0, 0.1) is 0 Å². The number of hydrogen-bond donors (Lipinski definition) is 1. The molecule has 2 amide bonds. The molecule has 0 spiro atoms. The van der Waals surface area contributed by atoms with Crippen molar-refractivity contribution in [2.45, 2.75) is 13.5 Å². The van der Waals surface area contributed by atoms with E-state index in [1.165, 1.54) is 0 Å². The smallest absolute Gasteiger partial charge is 0.317 e. The Labute approximate surface area is 112 Å². The highest BCUT2D eigenvalue weighted by molar-refractivity contribution is 5.74. The molecule has 0 bridgehead atoms. The van der Waals surface area contributed by atoms with Gasteiger partial charge in [0.05, 0.1) is 0 Å². The molecule has 0 radical (unpaired) electrons. The summed E-state index contributed by atoms with van der Waals surface area (Å²) in [4.78, 5) is 13.6. The van der Waals surface area contributed by atoms with Gasteiger partial charge in [0, 0.05) is 19.6 Å². The predicted molar refractivity (Wildman–Crippen MR) is 72.2 cm³/mol. The van der Waals surface area contributed by atoms with E-state index in [0.29, 0.717) is 19.6 Å². The fraction of sp³-hybridized carbons (Fsp3) is 0.357. The third-order valence-corrected chi connectivity index (χ3v) is 2.88. The van der Waals surface area contributed by atoms with Crippen LogP contribution in [-0.2, 0) is 6.54 Å². The highest BCUT2D eigenvalue weighted by Crippen LogP contribution is 2.32. The van der Waals surface area contributed by atoms with Gasteiger partial charge in [-0.15, -0.1) is 6.58 Å². The van der Waals surface area contributed by atoms with Gasteiger partial charge < -0.3 is 19.7 Å². The monoisotopic (exact) mass is 262 g/mol. The molecule has 0 atom stereocenters. The third-order valence-electron chi connectivity index (χ3n) is 2.88. The normalized spacial score (nSPS) is 12.1. The summed E-state index contributed by atoms with van der Waals surface area (Å²) < 4.78 is 10.6. The van der Waals surface area contributed by atoms with E-state index in [0.717, 1.165) is 17.1 Å². The van der Waals surface area contributed by atoms with E-state index < -0.39 is 0 Å². The second-order valence-corrected chi connectivity index (χ2v) is 4.18. The quantitative estimate of drug-likeness (QED) is 0.827. The lowest BCUT2D eigenvalue weighted by Gasteiger charge is -2.21. The Hall–Kier alpha value is -2.17. The first-order chi connectivity index (χ1) is 9.24. The van der Waals surface area contributed by atoms with E-state index in [2.05, 4.69) is 11.9 Å². The Bertz CT molecular complexity index is 474. The summed E-state index contributed by atoms with van der Waals surface area (Å²) in [5.74, 6) is 1.49. The van der Waals surface area contributed by atoms with Gasteiger partial charge in [0.25, 0.3) is 0 Å². The molecule has 0 saturated heterocycles. The van der Waals surface area contributed by atoms with E-state index in [1.54, 1.807) is 11.0 Å². The van der Waals surface area contributed by atoms with E-state index in [9.17, 15) is 4.79 Å². The maximum atomic E-state index is 11.9. The van der Waals surface area contributed by atoms with Crippen molar-refractivity contribution >= 4 is 6.03 Å². The average molecular weight is 262 g/mol. The summed E-state index contributed by atoms with van der Waals surface area (Å²) in [6, 6.07) is 5.62. The first-order valence-electron chi connectivity index (χ1n) is 6.26. The molecular formula is C14H18N2O3. The van der Waals surface area contributed by atoms with Crippen LogP contribution in [0.4, 0.5) is 4.79 Å². The number of urea groups is 1. The first kappa shape index (κ1) is 13.3. The zero-order valence-corrected chi connectivity index (χ0v) is 11.0. The number of hydrogen-bond acceptors (Lipinski definition) is 3. The SMILES string of the molecule is C=CCNC(=O)N(CC)Cc1ccc2c(c1)OCO2. The first-order valence-corrected chi connectivity index (χ1v) is 6.26. The zero-order chi connectivity index (χ0) is 13.7. The standard InChI is InChI=1S/C14H18N2O3/c1-3-7-15-14(17)16(4-2)9-11-5-6-12-13(8-11)19-10-18-12/h3,5-6,8H,1,4,7,9-10H2,2H3,(H,15,17). The Kier molecular flexibility index (Phi) is 4.28. The lowest BCUT2D eigenvalue weighted by molar-refractivity contribution is 0.174. The zero-order valence-electron chi connectivity index (χ0n) is 11.0. The summed E-state index contributed by atoms with van der Waals surface area (Å²) in [6.07, 6.45) is 1.66. The van der Waals surface area contributed by atoms with Crippen molar-refractivity contribution < 1.29 is 14.3 Å². The Balaban J connectivity index is 2.01. The highest BCUT2D eigenvalue weighted by Gasteiger charge is 2.16. The van der Waals surface area contributed by atoms with Crippen LogP contribution in [0.5, 0.6) is 11.5 Å². The van der Waals surface area contributed by atoms with Crippen molar-refractivity contribution in [2.75, 3.05) is 19.9 Å². The van der Waals surface area contributed by atoms with Crippen LogP contribution in [0.3, 0.4) is 0 Å². The molecule has 2 rings (SSSR count). The summed E-state index contributed by atoms with van der Waals surface area (Å²) in [7, 11) is 0. The van der Waals surface area contributed by atoms with Crippen molar-refractivity contribution in [2.24, 2.45) is 0 Å². The summed E-state index contributed by atoms with van der Waals surface area (Å²) in [5.41, 5.74) is 1.01. The molecule has 1 N–H and O–H groups in total. The van der Waals surface area contributed by atoms with Crippen LogP contribution in [-0.4, -0.2) is 30.8 Å². The number of nitrogens with zero attached hydrogens (tertiary/aromatic N) is 1. The molecule has 1 heterocycles. The summed E-state index contributed by atoms with van der Waals surface area (Å²) in [5, 5.41) is 2.77. The molecule has 0 aromatic heterocycles. The van der Waals surface area contributed by atoms with Crippen LogP contribution in [0.2, 0.25) is 0 Å². The third kappa shape index (κ3) is 3.19. The van der Waals surface area contributed by atoms with Crippen LogP contribution >= 0.6 is 0 Å². The fourth-order valence-corrected chi connectivity index (χ4v) is 1.86. The molecule has 1 aromatic rings. The molecule has 0 aliphatic carbocycles. The molecule has 5 nitrogen and oxygen atoms in total. The molecule has 5 heteroatoms. The van der Waals surface area contributed by atoms with Gasteiger partial charge in [-0.05, 0) is 24.6 Å². The molecule has 102 valence electrons. The summed E-state index contributed by atoms with van der Waals surface area (Å²) in [6.45, 7) is 7.43. The van der Waals surface area contributed by atoms with E-state index in [1.807, 2.05) is 25.1 Å². The second-order valence-electron chi connectivity index (χ2n) is 4.18. The minimum atomic E-state index is -0.0972. The molecule has 1 aliphatic rings. The number of rotatable bonds is 5. The number of fused-ring (bicyclic) bond motifs is 1. The Morgan fingerprint density at radius 1 is 1.47 bits per heavy atom. The fourth-order valence-electron chi connectivity index (χ4n) is 1.86. The van der Waals surface area contributed by atoms with E-state index in [4.69, 9.17) is 9.47 Å². The molecule has 0 fully saturated rings. The number of benzene rings is 1. The van der Waals surface area contributed by atoms with E-state index in [-0.39, 0.29) is 12.8 Å². The van der Waals surface area contributed by atoms with Crippen LogP contribution in [0.15, 0.2) is 30.9 Å². The van der Waals surface area contributed by atoms with Crippen LogP contribution < -0.4 is 14.8 Å². The number of nitrogens with one attached hydrogen (secondary N) is 1. The van der Waals surface area contributed by atoms with Crippen molar-refractivity contribution in [3.05, 3.63) is 36.4 Å². The van der Waals surface area contributed by atoms with Crippen molar-refractivity contribution in [1.29, 1.82) is 0 Å². The molecule has 19 heavy (non-hydrogen) atoms. The minimum absolute atomic E-state index is 0.0972. The Morgan fingerprint density at radius 2 is 2.26 bits per heavy atom. The molecule has 1 aromatic carbocycles. The van der Waals surface area contributed by atoms with Crippen LogP contribution in [0.25, 0.3) is 0 Å². The molecule has 1 aliphatic heterocycles. The average Bonchev–Trinajstić information content (AvgIpc) is 2.89. The highest BCUT2D eigenvalue weighted by atomic mass is 16.7. The largest absolute Gasteiger partial charge is 0.454 e. The van der Waals surface area contributed by atoms with Gasteiger partial charge in [0.2, 0.25) is 6.79 Å². The minimum Gasteiger partial charge on any atom is -0.454 e. The molecular weight excluding hydrogens is 244 g/mol. The second kappa shape index (κ2) is 6.13. The maximum absolute atomic E-state index is 11.9. The lowest BCUT2D eigenvalue weighted by Crippen LogP contribution is -2.39. The number of ether oxygens (including phenoxy) is 2. The van der Waals surface area contributed by atoms with Gasteiger partial charge in [-0.2, -0.15) is 0 Å². The maximum Gasteiger partial charge on any atom is 0.317 e. The van der Waals surface area contributed by atoms with Gasteiger partial charge in [-0.3, -0.25) is 0 Å². The van der Waals surface area contributed by atoms with Gasteiger partial charge in [-0.25, -0.2) is 4.79 Å².